The van der Waals surface area contributed by atoms with E-state index in [-0.39, 0.29) is 12.5 Å². The van der Waals surface area contributed by atoms with E-state index in [0.717, 1.165) is 0 Å². The Balaban J connectivity index is 2.53. The van der Waals surface area contributed by atoms with Gasteiger partial charge >= 0.3 is 12.0 Å². The number of carbonyl (C=O) groups excluding carboxylic acids is 2. The zero-order valence-electron chi connectivity index (χ0n) is 12.5. The van der Waals surface area contributed by atoms with E-state index < -0.39 is 23.3 Å². The van der Waals surface area contributed by atoms with Gasteiger partial charge in [0.05, 0.1) is 17.3 Å². The number of hydrogen-bond donors (Lipinski definition) is 3. The van der Waals surface area contributed by atoms with Gasteiger partial charge in [-0.05, 0) is 27.7 Å². The van der Waals surface area contributed by atoms with E-state index in [1.54, 1.807) is 10.9 Å². The lowest BCUT2D eigenvalue weighted by atomic mass is 9.89. The van der Waals surface area contributed by atoms with Gasteiger partial charge in [0.1, 0.15) is 0 Å². The van der Waals surface area contributed by atoms with Crippen LogP contribution in [0.2, 0.25) is 0 Å². The molecule has 0 saturated heterocycles. The van der Waals surface area contributed by atoms with Gasteiger partial charge in [-0.25, -0.2) is 4.79 Å². The van der Waals surface area contributed by atoms with Crippen molar-refractivity contribution in [2.24, 2.45) is 5.41 Å². The molecule has 1 aromatic rings. The molecule has 0 aliphatic heterocycles. The highest BCUT2D eigenvalue weighted by molar-refractivity contribution is 6.02. The summed E-state index contributed by atoms with van der Waals surface area (Å²) < 4.78 is 1.66. The first-order chi connectivity index (χ1) is 9.61. The predicted octanol–water partition coefficient (Wildman–Crippen LogP) is 1.61. The highest BCUT2D eigenvalue weighted by Crippen LogP contribution is 2.20. The van der Waals surface area contributed by atoms with Gasteiger partial charge in [-0.1, -0.05) is 0 Å². The summed E-state index contributed by atoms with van der Waals surface area (Å²) in [5.74, 6) is -1.76. The zero-order chi connectivity index (χ0) is 16.2. The fourth-order valence-corrected chi connectivity index (χ4v) is 1.50. The Bertz CT molecular complexity index is 548. The molecule has 8 heteroatoms. The third kappa shape index (κ3) is 4.90. The lowest BCUT2D eigenvalue weighted by molar-refractivity contribution is -0.149. The molecule has 0 aliphatic carbocycles. The Labute approximate surface area is 122 Å². The average molecular weight is 296 g/mol. The van der Waals surface area contributed by atoms with Gasteiger partial charge in [-0.2, -0.15) is 5.10 Å². The molecule has 0 aromatic carbocycles. The van der Waals surface area contributed by atoms with Crippen LogP contribution in [-0.4, -0.2) is 32.8 Å². The lowest BCUT2D eigenvalue weighted by Gasteiger charge is -2.17. The molecule has 8 nitrogen and oxygen atoms in total. The van der Waals surface area contributed by atoms with E-state index in [2.05, 4.69) is 15.7 Å². The highest BCUT2D eigenvalue weighted by Gasteiger charge is 2.30. The Kier molecular flexibility index (Phi) is 5.07. The average Bonchev–Trinajstić information content (AvgIpc) is 2.75. The first-order valence-corrected chi connectivity index (χ1v) is 6.50. The van der Waals surface area contributed by atoms with Crippen LogP contribution in [0.15, 0.2) is 12.4 Å². The van der Waals surface area contributed by atoms with E-state index in [4.69, 9.17) is 5.11 Å². The van der Waals surface area contributed by atoms with Crippen LogP contribution in [0.5, 0.6) is 0 Å². The van der Waals surface area contributed by atoms with E-state index in [9.17, 15) is 14.4 Å². The summed E-state index contributed by atoms with van der Waals surface area (Å²) in [6.07, 6.45) is 2.81. The van der Waals surface area contributed by atoms with E-state index in [0.29, 0.717) is 5.69 Å². The predicted molar refractivity (Wildman–Crippen MR) is 75.8 cm³/mol. The normalized spacial score (nSPS) is 11.3. The number of hydrogen-bond acceptors (Lipinski definition) is 4. The summed E-state index contributed by atoms with van der Waals surface area (Å²) in [6, 6.07) is -0.564. The van der Waals surface area contributed by atoms with Crippen LogP contribution in [0.4, 0.5) is 10.5 Å². The highest BCUT2D eigenvalue weighted by atomic mass is 16.4. The van der Waals surface area contributed by atoms with Crippen LogP contribution in [0, 0.1) is 5.41 Å². The molecule has 0 unspecified atom stereocenters. The molecular formula is C13H20N4O4. The summed E-state index contributed by atoms with van der Waals surface area (Å²) >= 11 is 0. The SMILES string of the molecule is CC(C)n1cc(NC(=O)NC(=O)CC(C)(C)C(=O)O)cn1. The second kappa shape index (κ2) is 6.38. The van der Waals surface area contributed by atoms with Gasteiger partial charge in [0.25, 0.3) is 0 Å². The Morgan fingerprint density at radius 2 is 2.00 bits per heavy atom. The van der Waals surface area contributed by atoms with Crippen LogP contribution in [0.25, 0.3) is 0 Å². The number of nitrogens with one attached hydrogen (secondary N) is 2. The number of carboxylic acid groups (broad SMARTS) is 1. The first kappa shape index (κ1) is 16.7. The second-order valence-electron chi connectivity index (χ2n) is 5.67. The lowest BCUT2D eigenvalue weighted by Crippen LogP contribution is -2.38. The summed E-state index contributed by atoms with van der Waals surface area (Å²) in [7, 11) is 0. The van der Waals surface area contributed by atoms with Crippen molar-refractivity contribution >= 4 is 23.6 Å². The van der Waals surface area contributed by atoms with Crippen LogP contribution in [0.3, 0.4) is 0 Å². The maximum atomic E-state index is 11.6. The van der Waals surface area contributed by atoms with Crippen molar-refractivity contribution in [3.05, 3.63) is 12.4 Å². The molecule has 1 rings (SSSR count). The van der Waals surface area contributed by atoms with E-state index in [1.165, 1.54) is 20.0 Å². The van der Waals surface area contributed by atoms with E-state index >= 15 is 0 Å². The van der Waals surface area contributed by atoms with Gasteiger partial charge in [-0.3, -0.25) is 19.6 Å². The fraction of sp³-hybridized carbons (Fsp3) is 0.538. The standard InChI is InChI=1S/C13H20N4O4/c1-8(2)17-7-9(6-14-17)15-12(21)16-10(18)5-13(3,4)11(19)20/h6-8H,5H2,1-4H3,(H,19,20)(H2,15,16,18,21). The molecule has 1 aromatic heterocycles. The van der Waals surface area contributed by atoms with Crippen LogP contribution in [-0.2, 0) is 9.59 Å². The molecule has 0 radical (unpaired) electrons. The van der Waals surface area contributed by atoms with Gasteiger partial charge in [0.15, 0.2) is 0 Å². The number of amides is 3. The Hall–Kier alpha value is -2.38. The molecule has 0 bridgehead atoms. The van der Waals surface area contributed by atoms with Crippen molar-refractivity contribution in [3.63, 3.8) is 0 Å². The molecule has 116 valence electrons. The molecule has 1 heterocycles. The number of aromatic nitrogens is 2. The van der Waals surface area contributed by atoms with Crippen LogP contribution < -0.4 is 10.6 Å². The summed E-state index contributed by atoms with van der Waals surface area (Å²) in [4.78, 5) is 34.2. The topological polar surface area (TPSA) is 113 Å². The van der Waals surface area contributed by atoms with Gasteiger partial charge in [0.2, 0.25) is 5.91 Å². The molecule has 0 fully saturated rings. The van der Waals surface area contributed by atoms with Crippen molar-refractivity contribution in [1.82, 2.24) is 15.1 Å². The number of nitrogens with zero attached hydrogens (tertiary/aromatic N) is 2. The Morgan fingerprint density at radius 3 is 2.48 bits per heavy atom. The van der Waals surface area contributed by atoms with Crippen molar-refractivity contribution in [2.75, 3.05) is 5.32 Å². The number of urea groups is 1. The molecule has 0 spiro atoms. The van der Waals surface area contributed by atoms with Crippen LogP contribution in [0.1, 0.15) is 40.2 Å². The monoisotopic (exact) mass is 296 g/mol. The summed E-state index contributed by atoms with van der Waals surface area (Å²) in [5, 5.41) is 17.5. The minimum atomic E-state index is -1.23. The first-order valence-electron chi connectivity index (χ1n) is 6.50. The minimum absolute atomic E-state index is 0.154. The van der Waals surface area contributed by atoms with E-state index in [1.807, 2.05) is 13.8 Å². The number of aliphatic carboxylic acids is 1. The molecule has 3 N–H and O–H groups in total. The van der Waals surface area contributed by atoms with Crippen molar-refractivity contribution in [1.29, 1.82) is 0 Å². The summed E-state index contributed by atoms with van der Waals surface area (Å²) in [5.41, 5.74) is -0.779. The number of carbonyl (C=O) groups is 3. The van der Waals surface area contributed by atoms with Gasteiger partial charge in [-0.15, -0.1) is 0 Å². The van der Waals surface area contributed by atoms with Gasteiger partial charge < -0.3 is 10.4 Å². The molecule has 3 amide bonds. The second-order valence-corrected chi connectivity index (χ2v) is 5.67. The third-order valence-electron chi connectivity index (χ3n) is 2.82. The van der Waals surface area contributed by atoms with Crippen molar-refractivity contribution in [2.45, 2.75) is 40.2 Å². The molecular weight excluding hydrogens is 276 g/mol. The van der Waals surface area contributed by atoms with Crippen molar-refractivity contribution < 1.29 is 19.5 Å². The zero-order valence-corrected chi connectivity index (χ0v) is 12.5. The number of carboxylic acids is 1. The third-order valence-corrected chi connectivity index (χ3v) is 2.82. The minimum Gasteiger partial charge on any atom is -0.481 e. The molecule has 21 heavy (non-hydrogen) atoms. The van der Waals surface area contributed by atoms with Gasteiger partial charge in [0, 0.05) is 18.7 Å². The molecule has 0 atom stereocenters. The number of imide groups is 1. The largest absolute Gasteiger partial charge is 0.481 e. The maximum Gasteiger partial charge on any atom is 0.325 e. The maximum absolute atomic E-state index is 11.6. The quantitative estimate of drug-likeness (QED) is 0.764. The molecule has 0 saturated carbocycles. The van der Waals surface area contributed by atoms with Crippen LogP contribution >= 0.6 is 0 Å². The fourth-order valence-electron chi connectivity index (χ4n) is 1.50. The van der Waals surface area contributed by atoms with Crippen molar-refractivity contribution in [3.8, 4) is 0 Å². The smallest absolute Gasteiger partial charge is 0.325 e. The molecule has 0 aliphatic rings. The summed E-state index contributed by atoms with van der Waals surface area (Å²) in [6.45, 7) is 6.71. The Morgan fingerprint density at radius 1 is 1.38 bits per heavy atom. The number of rotatable bonds is 5. The number of anilines is 1.